The third kappa shape index (κ3) is 5.82. The standard InChI is InChI=1S/C17H25BN3O5P/c1-4-25-27(24,26-5-2)11-21-10-12(3)15(16(21)22)20-17(23)19-14-8-6-13(18)7-9-14/h6-9,12,15H,4-5,10-11H2,1-3H3,(H2,19,20,23)/t12-,15-/m0/s1. The van der Waals surface area contributed by atoms with Crippen molar-refractivity contribution in [3.63, 3.8) is 0 Å². The minimum Gasteiger partial charge on any atom is -0.329 e. The summed E-state index contributed by atoms with van der Waals surface area (Å²) in [6.45, 7) is 6.08. The summed E-state index contributed by atoms with van der Waals surface area (Å²) in [5.41, 5.74) is 1.15. The number of hydrogen-bond donors (Lipinski definition) is 2. The van der Waals surface area contributed by atoms with E-state index in [1.54, 1.807) is 38.1 Å². The first-order chi connectivity index (χ1) is 12.8. The maximum Gasteiger partial charge on any atom is 0.349 e. The van der Waals surface area contributed by atoms with Crippen molar-refractivity contribution in [1.29, 1.82) is 0 Å². The number of hydrogen-bond acceptors (Lipinski definition) is 5. The molecule has 1 saturated heterocycles. The summed E-state index contributed by atoms with van der Waals surface area (Å²) in [6, 6.07) is 5.46. The Morgan fingerprint density at radius 2 is 1.85 bits per heavy atom. The Kier molecular flexibility index (Phi) is 7.47. The van der Waals surface area contributed by atoms with Crippen LogP contribution in [0.5, 0.6) is 0 Å². The Morgan fingerprint density at radius 1 is 1.26 bits per heavy atom. The summed E-state index contributed by atoms with van der Waals surface area (Å²) < 4.78 is 23.2. The molecule has 1 aromatic carbocycles. The van der Waals surface area contributed by atoms with Gasteiger partial charge < -0.3 is 24.6 Å². The molecule has 1 aliphatic rings. The van der Waals surface area contributed by atoms with Gasteiger partial charge >= 0.3 is 13.6 Å². The minimum atomic E-state index is -3.39. The van der Waals surface area contributed by atoms with Crippen LogP contribution in [-0.4, -0.2) is 56.8 Å². The summed E-state index contributed by atoms with van der Waals surface area (Å²) in [6.07, 6.45) is -0.129. The molecule has 146 valence electrons. The first-order valence-electron chi connectivity index (χ1n) is 8.88. The first kappa shape index (κ1) is 21.5. The van der Waals surface area contributed by atoms with Crippen molar-refractivity contribution < 1.29 is 23.2 Å². The van der Waals surface area contributed by atoms with Gasteiger partial charge in [0.1, 0.15) is 20.2 Å². The van der Waals surface area contributed by atoms with E-state index in [1.807, 2.05) is 6.92 Å². The minimum absolute atomic E-state index is 0.129. The zero-order valence-electron chi connectivity index (χ0n) is 15.8. The molecular formula is C17H25BN3O5P. The van der Waals surface area contributed by atoms with E-state index in [-0.39, 0.29) is 31.3 Å². The van der Waals surface area contributed by atoms with Crippen LogP contribution in [0.15, 0.2) is 24.3 Å². The summed E-state index contributed by atoms with van der Waals surface area (Å²) >= 11 is 0. The van der Waals surface area contributed by atoms with E-state index in [2.05, 4.69) is 10.6 Å². The molecule has 8 nitrogen and oxygen atoms in total. The molecule has 1 aliphatic heterocycles. The predicted molar refractivity (Wildman–Crippen MR) is 104 cm³/mol. The monoisotopic (exact) mass is 393 g/mol. The van der Waals surface area contributed by atoms with Crippen molar-refractivity contribution in [2.75, 3.05) is 31.4 Å². The zero-order valence-corrected chi connectivity index (χ0v) is 16.7. The number of carbonyl (C=O) groups excluding carboxylic acids is 2. The van der Waals surface area contributed by atoms with Crippen LogP contribution in [0.25, 0.3) is 0 Å². The first-order valence-corrected chi connectivity index (χ1v) is 10.6. The lowest BCUT2D eigenvalue weighted by Crippen LogP contribution is -2.45. The smallest absolute Gasteiger partial charge is 0.329 e. The Hall–Kier alpha value is -1.83. The van der Waals surface area contributed by atoms with Gasteiger partial charge in [-0.2, -0.15) is 0 Å². The van der Waals surface area contributed by atoms with Crippen LogP contribution in [0.1, 0.15) is 20.8 Å². The molecule has 2 radical (unpaired) electrons. The quantitative estimate of drug-likeness (QED) is 0.518. The lowest BCUT2D eigenvalue weighted by Gasteiger charge is -2.23. The molecule has 1 heterocycles. The molecular weight excluding hydrogens is 368 g/mol. The van der Waals surface area contributed by atoms with Crippen molar-refractivity contribution in [3.05, 3.63) is 24.3 Å². The molecule has 0 unspecified atom stereocenters. The number of likely N-dealkylation sites (tertiary alicyclic amines) is 1. The number of benzene rings is 1. The molecule has 2 rings (SSSR count). The van der Waals surface area contributed by atoms with Crippen LogP contribution in [0.2, 0.25) is 0 Å². The third-order valence-corrected chi connectivity index (χ3v) is 6.10. The second-order valence-corrected chi connectivity index (χ2v) is 8.34. The zero-order chi connectivity index (χ0) is 20.0. The summed E-state index contributed by atoms with van der Waals surface area (Å²) in [4.78, 5) is 26.3. The number of nitrogens with zero attached hydrogens (tertiary/aromatic N) is 1. The number of carbonyl (C=O) groups is 2. The van der Waals surface area contributed by atoms with E-state index >= 15 is 0 Å². The highest BCUT2D eigenvalue weighted by Crippen LogP contribution is 2.49. The molecule has 2 N–H and O–H groups in total. The van der Waals surface area contributed by atoms with E-state index in [1.165, 1.54) is 4.90 Å². The Morgan fingerprint density at radius 3 is 2.41 bits per heavy atom. The van der Waals surface area contributed by atoms with Crippen LogP contribution in [0.3, 0.4) is 0 Å². The average molecular weight is 393 g/mol. The van der Waals surface area contributed by atoms with Gasteiger partial charge in [-0.1, -0.05) is 24.5 Å². The summed E-state index contributed by atoms with van der Waals surface area (Å²) in [7, 11) is 2.23. The number of urea groups is 1. The summed E-state index contributed by atoms with van der Waals surface area (Å²) in [5, 5.41) is 5.34. The highest BCUT2D eigenvalue weighted by atomic mass is 31.2. The molecule has 0 bridgehead atoms. The lowest BCUT2D eigenvalue weighted by molar-refractivity contribution is -0.128. The topological polar surface area (TPSA) is 97.0 Å². The lowest BCUT2D eigenvalue weighted by atomic mass is 9.96. The molecule has 2 atom stereocenters. The second kappa shape index (κ2) is 9.40. The van der Waals surface area contributed by atoms with Crippen molar-refractivity contribution in [3.8, 4) is 0 Å². The van der Waals surface area contributed by atoms with Gasteiger partial charge in [-0.05, 0) is 26.0 Å². The largest absolute Gasteiger partial charge is 0.349 e. The summed E-state index contributed by atoms with van der Waals surface area (Å²) in [5.74, 6) is -0.457. The van der Waals surface area contributed by atoms with Gasteiger partial charge in [0.25, 0.3) is 0 Å². The second-order valence-electron chi connectivity index (χ2n) is 6.32. The van der Waals surface area contributed by atoms with Crippen LogP contribution >= 0.6 is 7.60 Å². The van der Waals surface area contributed by atoms with E-state index in [4.69, 9.17) is 16.9 Å². The van der Waals surface area contributed by atoms with Crippen LogP contribution in [-0.2, 0) is 18.4 Å². The highest BCUT2D eigenvalue weighted by molar-refractivity contribution is 7.53. The van der Waals surface area contributed by atoms with Gasteiger partial charge in [0.05, 0.1) is 13.2 Å². The van der Waals surface area contributed by atoms with E-state index < -0.39 is 19.7 Å². The normalized spacial score (nSPS) is 20.0. The van der Waals surface area contributed by atoms with Crippen LogP contribution in [0, 0.1) is 5.92 Å². The fraction of sp³-hybridized carbons (Fsp3) is 0.529. The van der Waals surface area contributed by atoms with Gasteiger partial charge in [0.15, 0.2) is 0 Å². The molecule has 10 heteroatoms. The fourth-order valence-corrected chi connectivity index (χ4v) is 4.61. The van der Waals surface area contributed by atoms with E-state index in [9.17, 15) is 14.2 Å². The molecule has 1 fully saturated rings. The van der Waals surface area contributed by atoms with Crippen LogP contribution in [0.4, 0.5) is 10.5 Å². The molecule has 0 spiro atoms. The average Bonchev–Trinajstić information content (AvgIpc) is 2.84. The Balaban J connectivity index is 1.98. The van der Waals surface area contributed by atoms with Crippen molar-refractivity contribution >= 4 is 38.5 Å². The van der Waals surface area contributed by atoms with Crippen molar-refractivity contribution in [1.82, 2.24) is 10.2 Å². The number of amides is 3. The maximum absolute atomic E-state index is 12.7. The SMILES string of the molecule is [B]c1ccc(NC(=O)N[C@@H]2C(=O)N(CP(=O)(OCC)OCC)C[C@@H]2C)cc1. The van der Waals surface area contributed by atoms with Crippen molar-refractivity contribution in [2.24, 2.45) is 5.92 Å². The molecule has 0 aromatic heterocycles. The number of anilines is 1. The molecule has 0 saturated carbocycles. The molecule has 1 aromatic rings. The number of nitrogens with one attached hydrogen (secondary N) is 2. The third-order valence-electron chi connectivity index (χ3n) is 4.11. The number of rotatable bonds is 8. The van der Waals surface area contributed by atoms with Gasteiger partial charge in [0.2, 0.25) is 5.91 Å². The van der Waals surface area contributed by atoms with Gasteiger partial charge in [-0.15, -0.1) is 0 Å². The highest BCUT2D eigenvalue weighted by Gasteiger charge is 2.42. The van der Waals surface area contributed by atoms with Crippen LogP contribution < -0.4 is 16.1 Å². The molecule has 27 heavy (non-hydrogen) atoms. The molecule has 3 amide bonds. The maximum atomic E-state index is 12.7. The molecule has 0 aliphatic carbocycles. The fourth-order valence-electron chi connectivity index (χ4n) is 2.91. The van der Waals surface area contributed by atoms with Crippen molar-refractivity contribution in [2.45, 2.75) is 26.8 Å². The van der Waals surface area contributed by atoms with Gasteiger partial charge in [-0.25, -0.2) is 4.79 Å². The Bertz CT molecular complexity index is 705. The predicted octanol–water partition coefficient (Wildman–Crippen LogP) is 1.67. The Labute approximate surface area is 160 Å². The van der Waals surface area contributed by atoms with E-state index in [0.717, 1.165) is 0 Å². The van der Waals surface area contributed by atoms with E-state index in [0.29, 0.717) is 17.7 Å². The van der Waals surface area contributed by atoms with Gasteiger partial charge in [0, 0.05) is 18.2 Å². The van der Waals surface area contributed by atoms with Gasteiger partial charge in [-0.3, -0.25) is 9.36 Å².